The third-order valence-electron chi connectivity index (χ3n) is 2.97. The van der Waals surface area contributed by atoms with Crippen LogP contribution < -0.4 is 11.1 Å². The van der Waals surface area contributed by atoms with Crippen LogP contribution in [-0.2, 0) is 4.79 Å². The van der Waals surface area contributed by atoms with Gasteiger partial charge in [-0.05, 0) is 24.2 Å². The summed E-state index contributed by atoms with van der Waals surface area (Å²) in [6, 6.07) is 8.93. The molecule has 0 aliphatic carbocycles. The lowest BCUT2D eigenvalue weighted by molar-refractivity contribution is -0.122. The normalized spacial score (nSPS) is 21.1. The van der Waals surface area contributed by atoms with E-state index in [9.17, 15) is 4.79 Å². The first kappa shape index (κ1) is 12.5. The molecule has 0 bridgehead atoms. The van der Waals surface area contributed by atoms with E-state index in [1.165, 1.54) is 18.6 Å². The Kier molecular flexibility index (Phi) is 4.45. The SMILES string of the molecule is N[C@@H](C(=O)NCC1CCCS1)c1ccccc1. The highest BCUT2D eigenvalue weighted by molar-refractivity contribution is 8.00. The Bertz CT molecular complexity index is 363. The summed E-state index contributed by atoms with van der Waals surface area (Å²) in [5, 5.41) is 3.51. The molecule has 1 heterocycles. The molecule has 2 rings (SSSR count). The predicted molar refractivity (Wildman–Crippen MR) is 71.9 cm³/mol. The number of hydrogen-bond donors (Lipinski definition) is 2. The summed E-state index contributed by atoms with van der Waals surface area (Å²) in [6.45, 7) is 0.740. The lowest BCUT2D eigenvalue weighted by Crippen LogP contribution is -2.37. The van der Waals surface area contributed by atoms with E-state index in [4.69, 9.17) is 5.73 Å². The number of carbonyl (C=O) groups excluding carboxylic acids is 1. The van der Waals surface area contributed by atoms with Gasteiger partial charge in [-0.3, -0.25) is 4.79 Å². The van der Waals surface area contributed by atoms with Crippen LogP contribution >= 0.6 is 11.8 Å². The third kappa shape index (κ3) is 3.48. The summed E-state index contributed by atoms with van der Waals surface area (Å²) in [6.07, 6.45) is 2.46. The lowest BCUT2D eigenvalue weighted by Gasteiger charge is -2.14. The fraction of sp³-hybridized carbons (Fsp3) is 0.462. The largest absolute Gasteiger partial charge is 0.353 e. The number of nitrogens with two attached hydrogens (primary N) is 1. The highest BCUT2D eigenvalue weighted by atomic mass is 32.2. The van der Waals surface area contributed by atoms with Crippen molar-refractivity contribution in [3.05, 3.63) is 35.9 Å². The van der Waals surface area contributed by atoms with Crippen LogP contribution in [0.2, 0.25) is 0 Å². The van der Waals surface area contributed by atoms with Gasteiger partial charge in [-0.15, -0.1) is 0 Å². The molecular weight excluding hydrogens is 232 g/mol. The van der Waals surface area contributed by atoms with Crippen molar-refractivity contribution in [3.63, 3.8) is 0 Å². The monoisotopic (exact) mass is 250 g/mol. The molecular formula is C13H18N2OS. The fourth-order valence-electron chi connectivity index (χ4n) is 1.94. The molecule has 17 heavy (non-hydrogen) atoms. The van der Waals surface area contributed by atoms with Gasteiger partial charge >= 0.3 is 0 Å². The van der Waals surface area contributed by atoms with Gasteiger partial charge < -0.3 is 11.1 Å². The number of rotatable bonds is 4. The van der Waals surface area contributed by atoms with Gasteiger partial charge in [0.05, 0.1) is 0 Å². The smallest absolute Gasteiger partial charge is 0.241 e. The van der Waals surface area contributed by atoms with Crippen molar-refractivity contribution >= 4 is 17.7 Å². The Morgan fingerprint density at radius 3 is 2.88 bits per heavy atom. The number of nitrogens with one attached hydrogen (secondary N) is 1. The quantitative estimate of drug-likeness (QED) is 0.855. The maximum atomic E-state index is 11.9. The van der Waals surface area contributed by atoms with Crippen LogP contribution in [0.5, 0.6) is 0 Å². The van der Waals surface area contributed by atoms with Gasteiger partial charge in [-0.2, -0.15) is 11.8 Å². The zero-order valence-electron chi connectivity index (χ0n) is 9.76. The zero-order chi connectivity index (χ0) is 12.1. The number of thioether (sulfide) groups is 1. The first-order valence-electron chi connectivity index (χ1n) is 5.97. The molecule has 0 aromatic heterocycles. The molecule has 0 radical (unpaired) electrons. The van der Waals surface area contributed by atoms with Gasteiger partial charge in [-0.1, -0.05) is 30.3 Å². The molecule has 2 atom stereocenters. The molecule has 1 aliphatic rings. The molecule has 4 heteroatoms. The second kappa shape index (κ2) is 6.07. The van der Waals surface area contributed by atoms with E-state index in [1.54, 1.807) is 0 Å². The van der Waals surface area contributed by atoms with Crippen LogP contribution in [0.4, 0.5) is 0 Å². The Morgan fingerprint density at radius 1 is 1.47 bits per heavy atom. The van der Waals surface area contributed by atoms with E-state index >= 15 is 0 Å². The van der Waals surface area contributed by atoms with Crippen LogP contribution in [0, 0.1) is 0 Å². The van der Waals surface area contributed by atoms with Crippen molar-refractivity contribution in [1.82, 2.24) is 5.32 Å². The van der Waals surface area contributed by atoms with Crippen LogP contribution in [0.1, 0.15) is 24.4 Å². The van der Waals surface area contributed by atoms with E-state index < -0.39 is 6.04 Å². The minimum atomic E-state index is -0.553. The Hall–Kier alpha value is -1.00. The third-order valence-corrected chi connectivity index (χ3v) is 4.37. The van der Waals surface area contributed by atoms with Gasteiger partial charge in [-0.25, -0.2) is 0 Å². The average molecular weight is 250 g/mol. The number of amides is 1. The summed E-state index contributed by atoms with van der Waals surface area (Å²) in [7, 11) is 0. The molecule has 0 spiro atoms. The van der Waals surface area contributed by atoms with Crippen LogP contribution in [-0.4, -0.2) is 23.5 Å². The number of carbonyl (C=O) groups is 1. The molecule has 3 nitrogen and oxygen atoms in total. The van der Waals surface area contributed by atoms with E-state index in [0.29, 0.717) is 5.25 Å². The average Bonchev–Trinajstić information content (AvgIpc) is 2.89. The minimum Gasteiger partial charge on any atom is -0.353 e. The predicted octanol–water partition coefficient (Wildman–Crippen LogP) is 1.70. The maximum absolute atomic E-state index is 11.9. The molecule has 1 saturated heterocycles. The fourth-order valence-corrected chi connectivity index (χ4v) is 3.14. The molecule has 3 N–H and O–H groups in total. The molecule has 1 aromatic rings. The van der Waals surface area contributed by atoms with Crippen molar-refractivity contribution in [2.75, 3.05) is 12.3 Å². The van der Waals surface area contributed by atoms with Gasteiger partial charge in [0.15, 0.2) is 0 Å². The van der Waals surface area contributed by atoms with Crippen LogP contribution in [0.3, 0.4) is 0 Å². The summed E-state index contributed by atoms with van der Waals surface area (Å²) >= 11 is 1.94. The Labute approximate surface area is 106 Å². The summed E-state index contributed by atoms with van der Waals surface area (Å²) < 4.78 is 0. The van der Waals surface area contributed by atoms with Gasteiger partial charge in [0.2, 0.25) is 5.91 Å². The topological polar surface area (TPSA) is 55.1 Å². The second-order valence-corrected chi connectivity index (χ2v) is 5.68. The molecule has 1 amide bonds. The summed E-state index contributed by atoms with van der Waals surface area (Å²) in [5.41, 5.74) is 6.77. The van der Waals surface area contributed by atoms with Gasteiger partial charge in [0, 0.05) is 11.8 Å². The number of hydrogen-bond acceptors (Lipinski definition) is 3. The zero-order valence-corrected chi connectivity index (χ0v) is 10.6. The molecule has 92 valence electrons. The highest BCUT2D eigenvalue weighted by Gasteiger charge is 2.19. The first-order valence-corrected chi connectivity index (χ1v) is 7.02. The molecule has 1 fully saturated rings. The molecule has 1 aromatic carbocycles. The van der Waals surface area contributed by atoms with E-state index in [-0.39, 0.29) is 5.91 Å². The van der Waals surface area contributed by atoms with Crippen molar-refractivity contribution in [3.8, 4) is 0 Å². The summed E-state index contributed by atoms with van der Waals surface area (Å²) in [4.78, 5) is 11.9. The number of benzene rings is 1. The summed E-state index contributed by atoms with van der Waals surface area (Å²) in [5.74, 6) is 1.13. The second-order valence-electron chi connectivity index (χ2n) is 4.27. The Morgan fingerprint density at radius 2 is 2.24 bits per heavy atom. The molecule has 1 unspecified atom stereocenters. The van der Waals surface area contributed by atoms with E-state index in [1.807, 2.05) is 42.1 Å². The minimum absolute atomic E-state index is 0.0799. The lowest BCUT2D eigenvalue weighted by atomic mass is 10.1. The van der Waals surface area contributed by atoms with Crippen molar-refractivity contribution in [1.29, 1.82) is 0 Å². The highest BCUT2D eigenvalue weighted by Crippen LogP contribution is 2.25. The molecule has 0 saturated carbocycles. The van der Waals surface area contributed by atoms with Crippen molar-refractivity contribution in [2.45, 2.75) is 24.1 Å². The standard InChI is InChI=1S/C13H18N2OS/c14-12(10-5-2-1-3-6-10)13(16)15-9-11-7-4-8-17-11/h1-3,5-6,11-12H,4,7-9,14H2,(H,15,16)/t11?,12-/m1/s1. The van der Waals surface area contributed by atoms with E-state index in [0.717, 1.165) is 12.1 Å². The van der Waals surface area contributed by atoms with Crippen LogP contribution in [0.15, 0.2) is 30.3 Å². The maximum Gasteiger partial charge on any atom is 0.241 e. The first-order chi connectivity index (χ1) is 8.27. The molecule has 1 aliphatic heterocycles. The van der Waals surface area contributed by atoms with Crippen molar-refractivity contribution < 1.29 is 4.79 Å². The van der Waals surface area contributed by atoms with Crippen molar-refractivity contribution in [2.24, 2.45) is 5.73 Å². The van der Waals surface area contributed by atoms with Gasteiger partial charge in [0.1, 0.15) is 6.04 Å². The van der Waals surface area contributed by atoms with E-state index in [2.05, 4.69) is 5.32 Å². The van der Waals surface area contributed by atoms with Crippen LogP contribution in [0.25, 0.3) is 0 Å². The van der Waals surface area contributed by atoms with Gasteiger partial charge in [0.25, 0.3) is 0 Å². The Balaban J connectivity index is 1.83.